The van der Waals surface area contributed by atoms with Gasteiger partial charge in [0.2, 0.25) is 5.91 Å². The molecule has 1 spiro atoms. The predicted molar refractivity (Wildman–Crippen MR) is 94.1 cm³/mol. The maximum Gasteiger partial charge on any atom is 0.253 e. The van der Waals surface area contributed by atoms with Crippen LogP contribution in [0, 0.1) is 11.2 Å². The third-order valence-corrected chi connectivity index (χ3v) is 5.66. The number of aryl methyl sites for hydroxylation is 1. The van der Waals surface area contributed by atoms with Crippen molar-refractivity contribution in [3.63, 3.8) is 0 Å². The van der Waals surface area contributed by atoms with Gasteiger partial charge in [-0.1, -0.05) is 6.07 Å². The Hall–Kier alpha value is -2.70. The lowest BCUT2D eigenvalue weighted by Gasteiger charge is -2.38. The monoisotopic (exact) mass is 356 g/mol. The van der Waals surface area contributed by atoms with Gasteiger partial charge in [-0.25, -0.2) is 4.39 Å². The molecule has 3 heterocycles. The molecule has 2 amide bonds. The number of hydrogen-bond donors (Lipinski definition) is 0. The Morgan fingerprint density at radius 3 is 2.54 bits per heavy atom. The number of carbonyl (C=O) groups excluding carboxylic acids is 2. The van der Waals surface area contributed by atoms with Crippen molar-refractivity contribution in [2.75, 3.05) is 24.5 Å². The highest BCUT2D eigenvalue weighted by Gasteiger charge is 2.49. The summed E-state index contributed by atoms with van der Waals surface area (Å²) >= 11 is 0. The van der Waals surface area contributed by atoms with Crippen LogP contribution in [0.3, 0.4) is 0 Å². The number of aromatic nitrogens is 2. The maximum atomic E-state index is 13.4. The van der Waals surface area contributed by atoms with Crippen LogP contribution in [0.5, 0.6) is 0 Å². The van der Waals surface area contributed by atoms with Gasteiger partial charge in [-0.15, -0.1) is 0 Å². The normalized spacial score (nSPS) is 19.4. The quantitative estimate of drug-likeness (QED) is 0.829. The molecule has 136 valence electrons. The molecule has 2 fully saturated rings. The fourth-order valence-corrected chi connectivity index (χ4v) is 4.08. The standard InChI is InChI=1S/C19H21FN4O2/c1-22-16(5-9-21-22)24-12-8-19(18(24)26)6-10-23(11-7-19)17(25)14-3-2-4-15(20)13-14/h2-5,9,13H,6-8,10-12H2,1H3. The maximum absolute atomic E-state index is 13.4. The number of amides is 2. The van der Waals surface area contributed by atoms with Gasteiger partial charge in [-0.2, -0.15) is 5.10 Å². The van der Waals surface area contributed by atoms with Crippen molar-refractivity contribution < 1.29 is 14.0 Å². The topological polar surface area (TPSA) is 58.4 Å². The first-order valence-electron chi connectivity index (χ1n) is 8.85. The van der Waals surface area contributed by atoms with Crippen LogP contribution >= 0.6 is 0 Å². The van der Waals surface area contributed by atoms with Gasteiger partial charge >= 0.3 is 0 Å². The lowest BCUT2D eigenvalue weighted by Crippen LogP contribution is -2.46. The third-order valence-electron chi connectivity index (χ3n) is 5.66. The molecule has 4 rings (SSSR count). The first-order valence-corrected chi connectivity index (χ1v) is 8.85. The van der Waals surface area contributed by atoms with Gasteiger partial charge in [0, 0.05) is 38.3 Å². The van der Waals surface area contributed by atoms with Crippen LogP contribution in [0.2, 0.25) is 0 Å². The summed E-state index contributed by atoms with van der Waals surface area (Å²) in [6.07, 6.45) is 3.76. The van der Waals surface area contributed by atoms with E-state index in [0.29, 0.717) is 38.0 Å². The summed E-state index contributed by atoms with van der Waals surface area (Å²) in [6.45, 7) is 1.71. The number of hydrogen-bond acceptors (Lipinski definition) is 3. The number of anilines is 1. The fraction of sp³-hybridized carbons (Fsp3) is 0.421. The smallest absolute Gasteiger partial charge is 0.253 e. The van der Waals surface area contributed by atoms with Crippen LogP contribution in [0.4, 0.5) is 10.2 Å². The van der Waals surface area contributed by atoms with Crippen molar-refractivity contribution in [3.8, 4) is 0 Å². The molecule has 2 aliphatic rings. The zero-order valence-electron chi connectivity index (χ0n) is 14.7. The van der Waals surface area contributed by atoms with Crippen molar-refractivity contribution in [2.45, 2.75) is 19.3 Å². The molecule has 2 aromatic rings. The summed E-state index contributed by atoms with van der Waals surface area (Å²) in [6, 6.07) is 7.60. The Bertz CT molecular complexity index is 855. The van der Waals surface area contributed by atoms with Crippen LogP contribution in [-0.2, 0) is 11.8 Å². The molecule has 0 unspecified atom stereocenters. The molecule has 0 saturated carbocycles. The first-order chi connectivity index (χ1) is 12.5. The Morgan fingerprint density at radius 2 is 1.88 bits per heavy atom. The molecule has 26 heavy (non-hydrogen) atoms. The van der Waals surface area contributed by atoms with E-state index < -0.39 is 11.2 Å². The molecule has 0 radical (unpaired) electrons. The van der Waals surface area contributed by atoms with Crippen molar-refractivity contribution in [1.29, 1.82) is 0 Å². The van der Waals surface area contributed by atoms with E-state index in [1.807, 2.05) is 13.1 Å². The number of piperidine rings is 1. The van der Waals surface area contributed by atoms with E-state index in [1.165, 1.54) is 12.1 Å². The minimum atomic E-state index is -0.415. The average molecular weight is 356 g/mol. The van der Waals surface area contributed by atoms with Crippen molar-refractivity contribution >= 4 is 17.6 Å². The number of benzene rings is 1. The van der Waals surface area contributed by atoms with Gasteiger partial charge in [0.1, 0.15) is 11.6 Å². The Morgan fingerprint density at radius 1 is 1.15 bits per heavy atom. The summed E-state index contributed by atoms with van der Waals surface area (Å²) in [5, 5.41) is 4.14. The Labute approximate surface area is 151 Å². The lowest BCUT2D eigenvalue weighted by atomic mass is 9.77. The zero-order valence-corrected chi connectivity index (χ0v) is 14.7. The summed E-state index contributed by atoms with van der Waals surface area (Å²) in [5.74, 6) is 0.347. The average Bonchev–Trinajstić information content (AvgIpc) is 3.19. The van der Waals surface area contributed by atoms with Gasteiger partial charge in [-0.3, -0.25) is 19.2 Å². The summed E-state index contributed by atoms with van der Waals surface area (Å²) in [5.41, 5.74) is -0.0431. The Balaban J connectivity index is 1.46. The van der Waals surface area contributed by atoms with Gasteiger partial charge in [-0.05, 0) is 37.5 Å². The molecule has 7 heteroatoms. The van der Waals surface area contributed by atoms with E-state index in [4.69, 9.17) is 0 Å². The van der Waals surface area contributed by atoms with Gasteiger partial charge in [0.05, 0.1) is 11.6 Å². The second-order valence-electron chi connectivity index (χ2n) is 7.10. The molecule has 1 aromatic carbocycles. The molecular weight excluding hydrogens is 335 g/mol. The molecule has 1 aromatic heterocycles. The molecule has 2 aliphatic heterocycles. The predicted octanol–water partition coefficient (Wildman–Crippen LogP) is 2.22. The molecule has 0 N–H and O–H groups in total. The molecule has 0 aliphatic carbocycles. The van der Waals surface area contributed by atoms with Gasteiger partial charge < -0.3 is 4.90 Å². The summed E-state index contributed by atoms with van der Waals surface area (Å²) in [7, 11) is 1.83. The molecule has 0 bridgehead atoms. The second kappa shape index (κ2) is 6.23. The fourth-order valence-electron chi connectivity index (χ4n) is 4.08. The van der Waals surface area contributed by atoms with Crippen LogP contribution in [0.15, 0.2) is 36.5 Å². The van der Waals surface area contributed by atoms with E-state index in [1.54, 1.807) is 32.8 Å². The van der Waals surface area contributed by atoms with Gasteiger partial charge in [0.15, 0.2) is 0 Å². The largest absolute Gasteiger partial charge is 0.339 e. The lowest BCUT2D eigenvalue weighted by molar-refractivity contribution is -0.127. The number of nitrogens with zero attached hydrogens (tertiary/aromatic N) is 4. The van der Waals surface area contributed by atoms with Gasteiger partial charge in [0.25, 0.3) is 5.91 Å². The van der Waals surface area contributed by atoms with Crippen molar-refractivity contribution in [3.05, 3.63) is 47.9 Å². The number of carbonyl (C=O) groups is 2. The van der Waals surface area contributed by atoms with Crippen LogP contribution in [-0.4, -0.2) is 46.1 Å². The highest BCUT2D eigenvalue weighted by Crippen LogP contribution is 2.43. The van der Waals surface area contributed by atoms with Crippen LogP contribution in [0.25, 0.3) is 0 Å². The highest BCUT2D eigenvalue weighted by atomic mass is 19.1. The molecule has 6 nitrogen and oxygen atoms in total. The molecule has 0 atom stereocenters. The summed E-state index contributed by atoms with van der Waals surface area (Å²) < 4.78 is 15.1. The summed E-state index contributed by atoms with van der Waals surface area (Å²) in [4.78, 5) is 29.2. The number of halogens is 1. The SMILES string of the molecule is Cn1nccc1N1CCC2(CCN(C(=O)c3cccc(F)c3)CC2)C1=O. The third kappa shape index (κ3) is 2.67. The van der Waals surface area contributed by atoms with Crippen molar-refractivity contribution in [2.24, 2.45) is 12.5 Å². The zero-order chi connectivity index (χ0) is 18.3. The van der Waals surface area contributed by atoms with E-state index in [-0.39, 0.29) is 11.8 Å². The van der Waals surface area contributed by atoms with E-state index in [9.17, 15) is 14.0 Å². The van der Waals surface area contributed by atoms with Crippen molar-refractivity contribution in [1.82, 2.24) is 14.7 Å². The number of rotatable bonds is 2. The molecular formula is C19H21FN4O2. The first kappa shape index (κ1) is 16.8. The number of likely N-dealkylation sites (tertiary alicyclic amines) is 1. The minimum Gasteiger partial charge on any atom is -0.339 e. The second-order valence-corrected chi connectivity index (χ2v) is 7.10. The Kier molecular flexibility index (Phi) is 4.01. The van der Waals surface area contributed by atoms with Crippen LogP contribution < -0.4 is 4.90 Å². The van der Waals surface area contributed by atoms with E-state index in [0.717, 1.165) is 12.2 Å². The van der Waals surface area contributed by atoms with E-state index >= 15 is 0 Å². The minimum absolute atomic E-state index is 0.124. The highest BCUT2D eigenvalue weighted by molar-refractivity contribution is 6.00. The molecule has 2 saturated heterocycles. The van der Waals surface area contributed by atoms with E-state index in [2.05, 4.69) is 5.10 Å². The van der Waals surface area contributed by atoms with Crippen LogP contribution in [0.1, 0.15) is 29.6 Å².